The van der Waals surface area contributed by atoms with Gasteiger partial charge in [-0.3, -0.25) is 4.79 Å². The Kier molecular flexibility index (Phi) is 5.50. The molecule has 9 heteroatoms. The smallest absolute Gasteiger partial charge is 0.253 e. The van der Waals surface area contributed by atoms with Crippen LogP contribution < -0.4 is 10.2 Å². The summed E-state index contributed by atoms with van der Waals surface area (Å²) in [5.74, 6) is 0.880. The lowest BCUT2D eigenvalue weighted by Crippen LogP contribution is -2.30. The van der Waals surface area contributed by atoms with E-state index < -0.39 is 0 Å². The van der Waals surface area contributed by atoms with Gasteiger partial charge < -0.3 is 15.2 Å². The van der Waals surface area contributed by atoms with Crippen LogP contribution in [-0.2, 0) is 6.54 Å². The number of H-pyrrole nitrogens is 1. The Morgan fingerprint density at radius 3 is 2.84 bits per heavy atom. The number of amides is 1. The first-order valence-electron chi connectivity index (χ1n) is 10.6. The van der Waals surface area contributed by atoms with Gasteiger partial charge in [-0.1, -0.05) is 30.0 Å². The molecule has 0 radical (unpaired) electrons. The van der Waals surface area contributed by atoms with E-state index in [-0.39, 0.29) is 5.91 Å². The third-order valence-electron chi connectivity index (χ3n) is 5.74. The number of nitrogens with one attached hydrogen (secondary N) is 2. The average Bonchev–Trinajstić information content (AvgIpc) is 3.43. The number of carbonyl (C=O) groups excluding carboxylic acids is 1. The fraction of sp³-hybridized carbons (Fsp3) is 0.364. The Labute approximate surface area is 184 Å². The zero-order valence-corrected chi connectivity index (χ0v) is 18.3. The fourth-order valence-electron chi connectivity index (χ4n) is 4.15. The lowest BCUT2D eigenvalue weighted by atomic mass is 10.1. The van der Waals surface area contributed by atoms with E-state index in [4.69, 9.17) is 9.97 Å². The summed E-state index contributed by atoms with van der Waals surface area (Å²) in [5.41, 5.74) is 2.43. The third-order valence-corrected chi connectivity index (χ3v) is 6.28. The van der Waals surface area contributed by atoms with E-state index >= 15 is 0 Å². The highest BCUT2D eigenvalue weighted by atomic mass is 32.2. The zero-order chi connectivity index (χ0) is 21.2. The standard InChI is InChI=1S/C22H25N7OS/c1-31-22-26-19(28-10-5-2-6-11-28)17-14-25-29(20(17)27-22)12-9-23-21(30)16-13-24-18-8-4-3-7-15(16)18/h3-4,7-8,13-14,24H,2,5-6,9-12H2,1H3,(H,23,30). The maximum atomic E-state index is 12.7. The fourth-order valence-corrected chi connectivity index (χ4v) is 4.51. The van der Waals surface area contributed by atoms with E-state index in [1.54, 1.807) is 6.20 Å². The Morgan fingerprint density at radius 2 is 2.00 bits per heavy atom. The number of aromatic amines is 1. The molecule has 1 amide bonds. The minimum absolute atomic E-state index is 0.0950. The topological polar surface area (TPSA) is 91.7 Å². The van der Waals surface area contributed by atoms with Crippen LogP contribution >= 0.6 is 11.8 Å². The van der Waals surface area contributed by atoms with Crippen LogP contribution in [0.5, 0.6) is 0 Å². The molecule has 4 aromatic rings. The molecule has 0 unspecified atom stereocenters. The van der Waals surface area contributed by atoms with Crippen LogP contribution in [0.1, 0.15) is 29.6 Å². The molecular weight excluding hydrogens is 410 g/mol. The van der Waals surface area contributed by atoms with E-state index in [1.165, 1.54) is 31.0 Å². The normalized spacial score (nSPS) is 14.4. The van der Waals surface area contributed by atoms with Gasteiger partial charge in [-0.2, -0.15) is 5.10 Å². The van der Waals surface area contributed by atoms with Crippen molar-refractivity contribution >= 4 is 45.4 Å². The predicted molar refractivity (Wildman–Crippen MR) is 124 cm³/mol. The second-order valence-electron chi connectivity index (χ2n) is 7.69. The van der Waals surface area contributed by atoms with E-state index in [0.717, 1.165) is 46.0 Å². The van der Waals surface area contributed by atoms with Crippen molar-refractivity contribution in [2.24, 2.45) is 0 Å². The number of aromatic nitrogens is 5. The Bertz CT molecular complexity index is 1230. The quantitative estimate of drug-likeness (QED) is 0.356. The number of para-hydroxylation sites is 1. The first kappa shape index (κ1) is 19.9. The predicted octanol–water partition coefficient (Wildman–Crippen LogP) is 3.45. The Balaban J connectivity index is 1.34. The molecule has 1 aliphatic heterocycles. The molecule has 0 spiro atoms. The molecule has 1 aromatic carbocycles. The van der Waals surface area contributed by atoms with Crippen molar-refractivity contribution in [3.05, 3.63) is 42.2 Å². The highest BCUT2D eigenvalue weighted by Gasteiger charge is 2.20. The lowest BCUT2D eigenvalue weighted by Gasteiger charge is -2.28. The van der Waals surface area contributed by atoms with E-state index in [0.29, 0.717) is 18.7 Å². The molecule has 0 atom stereocenters. The molecule has 31 heavy (non-hydrogen) atoms. The summed E-state index contributed by atoms with van der Waals surface area (Å²) in [5, 5.41) is 10.2. The number of piperidine rings is 1. The molecule has 5 rings (SSSR count). The monoisotopic (exact) mass is 435 g/mol. The number of thioether (sulfide) groups is 1. The summed E-state index contributed by atoms with van der Waals surface area (Å²) < 4.78 is 1.86. The van der Waals surface area contributed by atoms with Crippen molar-refractivity contribution in [1.82, 2.24) is 30.0 Å². The number of rotatable bonds is 6. The van der Waals surface area contributed by atoms with Gasteiger partial charge in [0.25, 0.3) is 5.91 Å². The van der Waals surface area contributed by atoms with Crippen molar-refractivity contribution in [3.8, 4) is 0 Å². The van der Waals surface area contributed by atoms with Gasteiger partial charge in [-0.05, 0) is 31.6 Å². The van der Waals surface area contributed by atoms with E-state index in [1.807, 2.05) is 41.4 Å². The molecule has 160 valence electrons. The minimum Gasteiger partial charge on any atom is -0.360 e. The van der Waals surface area contributed by atoms with Crippen molar-refractivity contribution in [1.29, 1.82) is 0 Å². The number of hydrogen-bond acceptors (Lipinski definition) is 6. The van der Waals surface area contributed by atoms with Crippen molar-refractivity contribution in [2.75, 3.05) is 30.8 Å². The van der Waals surface area contributed by atoms with Gasteiger partial charge in [0.2, 0.25) is 0 Å². The molecule has 2 N–H and O–H groups in total. The number of benzene rings is 1. The SMILES string of the molecule is CSc1nc(N2CCCCC2)c2cnn(CCNC(=O)c3c[nH]c4ccccc34)c2n1. The molecule has 1 fully saturated rings. The van der Waals surface area contributed by atoms with Gasteiger partial charge in [-0.15, -0.1) is 0 Å². The van der Waals surface area contributed by atoms with Gasteiger partial charge in [0, 0.05) is 36.7 Å². The van der Waals surface area contributed by atoms with E-state index in [2.05, 4.69) is 20.3 Å². The van der Waals surface area contributed by atoms with Crippen LogP contribution in [0.4, 0.5) is 5.82 Å². The highest BCUT2D eigenvalue weighted by Crippen LogP contribution is 2.28. The van der Waals surface area contributed by atoms with Crippen LogP contribution in [0.25, 0.3) is 21.9 Å². The lowest BCUT2D eigenvalue weighted by molar-refractivity contribution is 0.0953. The summed E-state index contributed by atoms with van der Waals surface area (Å²) in [4.78, 5) is 27.7. The minimum atomic E-state index is -0.0950. The molecular formula is C22H25N7OS. The molecule has 0 aliphatic carbocycles. The summed E-state index contributed by atoms with van der Waals surface area (Å²) >= 11 is 1.54. The van der Waals surface area contributed by atoms with Crippen molar-refractivity contribution in [2.45, 2.75) is 31.0 Å². The molecule has 0 saturated carbocycles. The second kappa shape index (κ2) is 8.58. The van der Waals surface area contributed by atoms with Crippen LogP contribution in [0.2, 0.25) is 0 Å². The van der Waals surface area contributed by atoms with Crippen molar-refractivity contribution in [3.63, 3.8) is 0 Å². The van der Waals surface area contributed by atoms with Gasteiger partial charge in [0.1, 0.15) is 5.82 Å². The van der Waals surface area contributed by atoms with Crippen LogP contribution in [0, 0.1) is 0 Å². The largest absolute Gasteiger partial charge is 0.360 e. The summed E-state index contributed by atoms with van der Waals surface area (Å²) in [6.07, 6.45) is 9.25. The van der Waals surface area contributed by atoms with E-state index in [9.17, 15) is 4.79 Å². The number of carbonyl (C=O) groups is 1. The van der Waals surface area contributed by atoms with Crippen LogP contribution in [0.15, 0.2) is 41.8 Å². The molecule has 4 heterocycles. The van der Waals surface area contributed by atoms with Crippen molar-refractivity contribution < 1.29 is 4.79 Å². The molecule has 1 aliphatic rings. The van der Waals surface area contributed by atoms with Gasteiger partial charge in [0.05, 0.1) is 23.7 Å². The first-order valence-corrected chi connectivity index (χ1v) is 11.8. The summed E-state index contributed by atoms with van der Waals surface area (Å²) in [6.45, 7) is 3.05. The number of nitrogens with zero attached hydrogens (tertiary/aromatic N) is 5. The zero-order valence-electron chi connectivity index (χ0n) is 17.5. The second-order valence-corrected chi connectivity index (χ2v) is 8.46. The molecule has 1 saturated heterocycles. The number of anilines is 1. The van der Waals surface area contributed by atoms with Gasteiger partial charge in [-0.25, -0.2) is 14.6 Å². The molecule has 3 aromatic heterocycles. The third kappa shape index (κ3) is 3.85. The Morgan fingerprint density at radius 1 is 1.16 bits per heavy atom. The highest BCUT2D eigenvalue weighted by molar-refractivity contribution is 7.98. The van der Waals surface area contributed by atoms with Crippen LogP contribution in [-0.4, -0.2) is 56.5 Å². The van der Waals surface area contributed by atoms with Gasteiger partial charge in [0.15, 0.2) is 10.8 Å². The molecule has 0 bridgehead atoms. The maximum absolute atomic E-state index is 12.7. The summed E-state index contributed by atoms with van der Waals surface area (Å²) in [6, 6.07) is 7.80. The first-order chi connectivity index (χ1) is 15.2. The average molecular weight is 436 g/mol. The molecule has 8 nitrogen and oxygen atoms in total. The number of fused-ring (bicyclic) bond motifs is 2. The number of hydrogen-bond donors (Lipinski definition) is 2. The maximum Gasteiger partial charge on any atom is 0.253 e. The van der Waals surface area contributed by atoms with Gasteiger partial charge >= 0.3 is 0 Å². The Hall–Kier alpha value is -3.07. The summed E-state index contributed by atoms with van der Waals surface area (Å²) in [7, 11) is 0. The van der Waals surface area contributed by atoms with Crippen LogP contribution in [0.3, 0.4) is 0 Å².